The molecule has 1 aromatic carbocycles. The summed E-state index contributed by atoms with van der Waals surface area (Å²) >= 11 is 6.09. The van der Waals surface area contributed by atoms with Crippen LogP contribution in [-0.4, -0.2) is 31.2 Å². The average molecular weight is 279 g/mol. The van der Waals surface area contributed by atoms with Gasteiger partial charge in [0.25, 0.3) is 0 Å². The topological polar surface area (TPSA) is 51.2 Å². The van der Waals surface area contributed by atoms with Gasteiger partial charge in [0.1, 0.15) is 0 Å². The van der Waals surface area contributed by atoms with Crippen molar-refractivity contribution in [1.29, 1.82) is 0 Å². The number of hydrogen-bond acceptors (Lipinski definition) is 3. The predicted octanol–water partition coefficient (Wildman–Crippen LogP) is 2.19. The maximum Gasteiger partial charge on any atom is 0.226 e. The van der Waals surface area contributed by atoms with Crippen molar-refractivity contribution in [2.45, 2.75) is 6.42 Å². The summed E-state index contributed by atoms with van der Waals surface area (Å²) in [4.78, 5) is 16.1. The van der Waals surface area contributed by atoms with Crippen molar-refractivity contribution in [3.05, 3.63) is 41.0 Å². The number of halogens is 1. The highest BCUT2D eigenvalue weighted by Crippen LogP contribution is 2.21. The highest BCUT2D eigenvalue weighted by molar-refractivity contribution is 6.35. The normalized spacial score (nSPS) is 10.6. The van der Waals surface area contributed by atoms with Gasteiger partial charge in [-0.3, -0.25) is 9.78 Å². The lowest BCUT2D eigenvalue weighted by Crippen LogP contribution is -2.28. The fourth-order valence-electron chi connectivity index (χ4n) is 1.77. The second-order valence-corrected chi connectivity index (χ2v) is 4.54. The van der Waals surface area contributed by atoms with E-state index in [1.807, 2.05) is 24.3 Å². The van der Waals surface area contributed by atoms with Gasteiger partial charge >= 0.3 is 0 Å². The number of methoxy groups -OCH3 is 1. The van der Waals surface area contributed by atoms with E-state index in [9.17, 15) is 4.79 Å². The van der Waals surface area contributed by atoms with Crippen molar-refractivity contribution in [1.82, 2.24) is 10.3 Å². The first-order valence-electron chi connectivity index (χ1n) is 6.00. The molecule has 2 aromatic rings. The molecule has 0 fully saturated rings. The van der Waals surface area contributed by atoms with E-state index in [-0.39, 0.29) is 12.3 Å². The highest BCUT2D eigenvalue weighted by atomic mass is 35.5. The smallest absolute Gasteiger partial charge is 0.226 e. The van der Waals surface area contributed by atoms with E-state index in [4.69, 9.17) is 16.3 Å². The Labute approximate surface area is 116 Å². The van der Waals surface area contributed by atoms with Crippen LogP contribution in [0.5, 0.6) is 0 Å². The summed E-state index contributed by atoms with van der Waals surface area (Å²) < 4.78 is 4.87. The molecule has 0 aliphatic carbocycles. The molecule has 19 heavy (non-hydrogen) atoms. The van der Waals surface area contributed by atoms with Gasteiger partial charge < -0.3 is 10.1 Å². The number of pyridine rings is 1. The second kappa shape index (κ2) is 6.50. The first kappa shape index (κ1) is 13.8. The molecule has 4 nitrogen and oxygen atoms in total. The van der Waals surface area contributed by atoms with E-state index in [2.05, 4.69) is 10.3 Å². The Hall–Kier alpha value is -1.65. The molecule has 5 heteroatoms. The number of para-hydroxylation sites is 1. The fraction of sp³-hybridized carbons (Fsp3) is 0.286. The molecule has 0 unspecified atom stereocenters. The van der Waals surface area contributed by atoms with Crippen LogP contribution in [0, 0.1) is 0 Å². The molecule has 0 radical (unpaired) electrons. The summed E-state index contributed by atoms with van der Waals surface area (Å²) in [7, 11) is 1.60. The van der Waals surface area contributed by atoms with Crippen LogP contribution in [0.4, 0.5) is 0 Å². The molecule has 1 heterocycles. The van der Waals surface area contributed by atoms with Gasteiger partial charge in [-0.2, -0.15) is 0 Å². The van der Waals surface area contributed by atoms with E-state index in [0.29, 0.717) is 23.9 Å². The van der Waals surface area contributed by atoms with Crippen LogP contribution in [0.3, 0.4) is 0 Å². The number of rotatable bonds is 5. The molecule has 0 saturated carbocycles. The Bertz CT molecular complexity index is 587. The van der Waals surface area contributed by atoms with Gasteiger partial charge in [-0.15, -0.1) is 0 Å². The van der Waals surface area contributed by atoms with Crippen LogP contribution < -0.4 is 5.32 Å². The summed E-state index contributed by atoms with van der Waals surface area (Å²) in [6, 6.07) is 9.37. The second-order valence-electron chi connectivity index (χ2n) is 4.13. The molecule has 1 N–H and O–H groups in total. The maximum absolute atomic E-state index is 11.7. The van der Waals surface area contributed by atoms with E-state index >= 15 is 0 Å². The minimum absolute atomic E-state index is 0.0732. The van der Waals surface area contributed by atoms with Gasteiger partial charge in [-0.25, -0.2) is 0 Å². The SMILES string of the molecule is COCCNC(=O)Cc1ccc2cccc(Cl)c2n1. The fourth-order valence-corrected chi connectivity index (χ4v) is 1.99. The largest absolute Gasteiger partial charge is 0.383 e. The summed E-state index contributed by atoms with van der Waals surface area (Å²) in [5.74, 6) is -0.0732. The Morgan fingerprint density at radius 3 is 3.00 bits per heavy atom. The molecular weight excluding hydrogens is 264 g/mol. The third-order valence-corrected chi connectivity index (χ3v) is 3.00. The number of nitrogens with one attached hydrogen (secondary N) is 1. The average Bonchev–Trinajstić information content (AvgIpc) is 2.40. The highest BCUT2D eigenvalue weighted by Gasteiger charge is 2.06. The molecule has 0 bridgehead atoms. The lowest BCUT2D eigenvalue weighted by Gasteiger charge is -2.06. The van der Waals surface area contributed by atoms with Gasteiger partial charge in [-0.05, 0) is 12.1 Å². The van der Waals surface area contributed by atoms with Crippen molar-refractivity contribution in [3.63, 3.8) is 0 Å². The summed E-state index contributed by atoms with van der Waals surface area (Å²) in [6.45, 7) is 1.01. The van der Waals surface area contributed by atoms with Crippen molar-refractivity contribution in [3.8, 4) is 0 Å². The van der Waals surface area contributed by atoms with Crippen molar-refractivity contribution in [2.75, 3.05) is 20.3 Å². The van der Waals surface area contributed by atoms with Crippen molar-refractivity contribution < 1.29 is 9.53 Å². The lowest BCUT2D eigenvalue weighted by molar-refractivity contribution is -0.120. The number of carbonyl (C=O) groups is 1. The van der Waals surface area contributed by atoms with Gasteiger partial charge in [0.05, 0.1) is 29.3 Å². The first-order valence-corrected chi connectivity index (χ1v) is 6.38. The Morgan fingerprint density at radius 2 is 2.21 bits per heavy atom. The number of nitrogens with zero attached hydrogens (tertiary/aromatic N) is 1. The number of carbonyl (C=O) groups excluding carboxylic acids is 1. The van der Waals surface area contributed by atoms with E-state index in [0.717, 1.165) is 10.9 Å². The summed E-state index contributed by atoms with van der Waals surface area (Å²) in [6.07, 6.45) is 0.241. The lowest BCUT2D eigenvalue weighted by atomic mass is 10.2. The molecule has 0 aliphatic rings. The zero-order valence-electron chi connectivity index (χ0n) is 10.6. The van der Waals surface area contributed by atoms with Crippen LogP contribution in [0.2, 0.25) is 5.02 Å². The summed E-state index contributed by atoms with van der Waals surface area (Å²) in [5, 5.41) is 4.32. The van der Waals surface area contributed by atoms with Crippen molar-refractivity contribution >= 4 is 28.4 Å². The molecule has 1 amide bonds. The Morgan fingerprint density at radius 1 is 1.37 bits per heavy atom. The molecule has 2 rings (SSSR count). The molecule has 0 saturated heterocycles. The van der Waals surface area contributed by atoms with Gasteiger partial charge in [0, 0.05) is 19.0 Å². The Kier molecular flexibility index (Phi) is 4.71. The van der Waals surface area contributed by atoms with E-state index in [1.165, 1.54) is 0 Å². The number of hydrogen-bond donors (Lipinski definition) is 1. The molecule has 0 spiro atoms. The van der Waals surface area contributed by atoms with Crippen LogP contribution in [0.25, 0.3) is 10.9 Å². The number of fused-ring (bicyclic) bond motifs is 1. The maximum atomic E-state index is 11.7. The number of aromatic nitrogens is 1. The van der Waals surface area contributed by atoms with Gasteiger partial charge in [-0.1, -0.05) is 29.8 Å². The van der Waals surface area contributed by atoms with Crippen LogP contribution in [-0.2, 0) is 16.0 Å². The Balaban J connectivity index is 2.09. The first-order chi connectivity index (χ1) is 9.20. The minimum atomic E-state index is -0.0732. The number of benzene rings is 1. The minimum Gasteiger partial charge on any atom is -0.383 e. The molecular formula is C14H15ClN2O2. The monoisotopic (exact) mass is 278 g/mol. The molecule has 0 atom stereocenters. The molecule has 1 aromatic heterocycles. The zero-order chi connectivity index (χ0) is 13.7. The third kappa shape index (κ3) is 3.66. The molecule has 100 valence electrons. The third-order valence-electron chi connectivity index (χ3n) is 2.70. The van der Waals surface area contributed by atoms with Crippen molar-refractivity contribution in [2.24, 2.45) is 0 Å². The number of ether oxygens (including phenoxy) is 1. The van der Waals surface area contributed by atoms with Crippen LogP contribution >= 0.6 is 11.6 Å². The van der Waals surface area contributed by atoms with Gasteiger partial charge in [0.2, 0.25) is 5.91 Å². The van der Waals surface area contributed by atoms with E-state index < -0.39 is 0 Å². The number of amides is 1. The van der Waals surface area contributed by atoms with Gasteiger partial charge in [0.15, 0.2) is 0 Å². The zero-order valence-corrected chi connectivity index (χ0v) is 11.4. The summed E-state index contributed by atoms with van der Waals surface area (Å²) in [5.41, 5.74) is 1.43. The molecule has 0 aliphatic heterocycles. The standard InChI is InChI=1S/C14H15ClN2O2/c1-19-8-7-16-13(18)9-11-6-5-10-3-2-4-12(15)14(10)17-11/h2-6H,7-9H2,1H3,(H,16,18). The van der Waals surface area contributed by atoms with E-state index in [1.54, 1.807) is 13.2 Å². The predicted molar refractivity (Wildman–Crippen MR) is 75.3 cm³/mol. The quantitative estimate of drug-likeness (QED) is 0.853. The van der Waals surface area contributed by atoms with Crippen LogP contribution in [0.1, 0.15) is 5.69 Å². The van der Waals surface area contributed by atoms with Crippen LogP contribution in [0.15, 0.2) is 30.3 Å².